The number of hydrogen-bond donors (Lipinski definition) is 0. The Balaban J connectivity index is 1.41. The van der Waals surface area contributed by atoms with E-state index in [0.717, 1.165) is 30.2 Å². The van der Waals surface area contributed by atoms with Gasteiger partial charge in [0.05, 0.1) is 12.1 Å². The van der Waals surface area contributed by atoms with Crippen LogP contribution in [0.1, 0.15) is 44.9 Å². The van der Waals surface area contributed by atoms with E-state index in [2.05, 4.69) is 4.98 Å². The van der Waals surface area contributed by atoms with Gasteiger partial charge in [0.25, 0.3) is 5.91 Å². The molecule has 1 fully saturated rings. The summed E-state index contributed by atoms with van der Waals surface area (Å²) in [6, 6.07) is 9.21. The molecule has 6 nitrogen and oxygen atoms in total. The van der Waals surface area contributed by atoms with Gasteiger partial charge in [0, 0.05) is 24.3 Å². The van der Waals surface area contributed by atoms with Gasteiger partial charge < -0.3 is 14.1 Å². The van der Waals surface area contributed by atoms with Gasteiger partial charge in [-0.25, -0.2) is 4.79 Å². The predicted octanol–water partition coefficient (Wildman–Crippen LogP) is 3.35. The molecule has 0 bridgehead atoms. The second-order valence-electron chi connectivity index (χ2n) is 7.05. The summed E-state index contributed by atoms with van der Waals surface area (Å²) in [4.78, 5) is 30.9. The molecule has 0 spiro atoms. The minimum atomic E-state index is -0.349. The summed E-state index contributed by atoms with van der Waals surface area (Å²) >= 11 is 0. The van der Waals surface area contributed by atoms with Crippen LogP contribution in [0.2, 0.25) is 0 Å². The molecule has 2 aromatic heterocycles. The largest absolute Gasteiger partial charge is 0.459 e. The number of furan rings is 1. The van der Waals surface area contributed by atoms with E-state index in [1.807, 2.05) is 24.3 Å². The number of aromatic nitrogens is 1. The highest BCUT2D eigenvalue weighted by atomic mass is 16.5. The van der Waals surface area contributed by atoms with Crippen molar-refractivity contribution in [3.8, 4) is 0 Å². The van der Waals surface area contributed by atoms with E-state index in [1.165, 1.54) is 0 Å². The molecule has 3 aromatic rings. The van der Waals surface area contributed by atoms with Crippen LogP contribution in [-0.2, 0) is 17.7 Å². The normalized spacial score (nSPS) is 16.4. The van der Waals surface area contributed by atoms with E-state index in [4.69, 9.17) is 9.15 Å². The van der Waals surface area contributed by atoms with Crippen LogP contribution in [0.15, 0.2) is 47.1 Å². The van der Waals surface area contributed by atoms with Crippen LogP contribution in [0.5, 0.6) is 0 Å². The number of esters is 1. The monoisotopic (exact) mass is 362 g/mol. The lowest BCUT2D eigenvalue weighted by Crippen LogP contribution is -2.37. The van der Waals surface area contributed by atoms with E-state index in [0.29, 0.717) is 35.6 Å². The molecule has 1 amide bonds. The molecule has 0 saturated heterocycles. The minimum absolute atomic E-state index is 0.0434. The number of amides is 1. The first kappa shape index (κ1) is 16.1. The minimum Gasteiger partial charge on any atom is -0.459 e. The Morgan fingerprint density at radius 2 is 2.19 bits per heavy atom. The van der Waals surface area contributed by atoms with Crippen molar-refractivity contribution in [2.24, 2.45) is 0 Å². The summed E-state index contributed by atoms with van der Waals surface area (Å²) < 4.78 is 11.4. The van der Waals surface area contributed by atoms with Crippen molar-refractivity contribution in [3.05, 3.63) is 65.2 Å². The molecule has 27 heavy (non-hydrogen) atoms. The molecule has 136 valence electrons. The molecule has 1 saturated carbocycles. The van der Waals surface area contributed by atoms with Crippen molar-refractivity contribution in [3.63, 3.8) is 0 Å². The van der Waals surface area contributed by atoms with E-state index in [-0.39, 0.29) is 18.0 Å². The van der Waals surface area contributed by atoms with Gasteiger partial charge in [-0.15, -0.1) is 0 Å². The van der Waals surface area contributed by atoms with Gasteiger partial charge in [0.1, 0.15) is 23.0 Å². The Hall–Kier alpha value is -3.15. The summed E-state index contributed by atoms with van der Waals surface area (Å²) in [5.41, 5.74) is 2.63. The lowest BCUT2D eigenvalue weighted by Gasteiger charge is -2.27. The van der Waals surface area contributed by atoms with Crippen LogP contribution in [0.4, 0.5) is 0 Å². The first-order chi connectivity index (χ1) is 13.2. The second-order valence-corrected chi connectivity index (χ2v) is 7.05. The third-order valence-electron chi connectivity index (χ3n) is 5.04. The standard InChI is InChI=1S/C21H18N2O4/c24-20-18-11-22-8-6-13(18)7-9-23(20)12-16-10-14-2-1-3-17(19(14)26-16)21(25)27-15-4-5-15/h1-3,6,8,10-11,15H,4-5,7,9,12H2. The average Bonchev–Trinajstić information content (AvgIpc) is 3.39. The quantitative estimate of drug-likeness (QED) is 0.666. The number of fused-ring (bicyclic) bond motifs is 2. The molecule has 1 aliphatic heterocycles. The van der Waals surface area contributed by atoms with E-state index in [9.17, 15) is 9.59 Å². The summed E-state index contributed by atoms with van der Waals surface area (Å²) in [6.45, 7) is 0.989. The number of carbonyl (C=O) groups is 2. The molecule has 6 heteroatoms. The SMILES string of the molecule is O=C(OC1CC1)c1cccc2cc(CN3CCc4ccncc4C3=O)oc12. The van der Waals surface area contributed by atoms with Crippen LogP contribution in [0, 0.1) is 0 Å². The second kappa shape index (κ2) is 6.23. The third-order valence-corrected chi connectivity index (χ3v) is 5.04. The maximum Gasteiger partial charge on any atom is 0.342 e. The van der Waals surface area contributed by atoms with Gasteiger partial charge in [0.2, 0.25) is 0 Å². The van der Waals surface area contributed by atoms with Crippen LogP contribution >= 0.6 is 0 Å². The van der Waals surface area contributed by atoms with Crippen molar-refractivity contribution >= 4 is 22.8 Å². The highest BCUT2D eigenvalue weighted by Gasteiger charge is 2.29. The summed E-state index contributed by atoms with van der Waals surface area (Å²) in [5.74, 6) is 0.258. The number of hydrogen-bond acceptors (Lipinski definition) is 5. The van der Waals surface area contributed by atoms with Crippen LogP contribution in [-0.4, -0.2) is 34.4 Å². The fourth-order valence-corrected chi connectivity index (χ4v) is 3.46. The molecule has 0 radical (unpaired) electrons. The molecule has 5 rings (SSSR count). The Kier molecular flexibility index (Phi) is 3.70. The Bertz CT molecular complexity index is 1050. The van der Waals surface area contributed by atoms with Crippen molar-refractivity contribution < 1.29 is 18.7 Å². The Morgan fingerprint density at radius 3 is 3.04 bits per heavy atom. The Labute approximate surface area is 155 Å². The number of benzene rings is 1. The molecule has 1 aliphatic carbocycles. The average molecular weight is 362 g/mol. The number of pyridine rings is 1. The van der Waals surface area contributed by atoms with Gasteiger partial charge in [-0.2, -0.15) is 0 Å². The fraction of sp³-hybridized carbons (Fsp3) is 0.286. The van der Waals surface area contributed by atoms with Gasteiger partial charge >= 0.3 is 5.97 Å². The molecule has 0 unspecified atom stereocenters. The molecular formula is C21H18N2O4. The lowest BCUT2D eigenvalue weighted by molar-refractivity contribution is 0.0472. The van der Waals surface area contributed by atoms with Gasteiger partial charge in [-0.05, 0) is 43.0 Å². The smallest absolute Gasteiger partial charge is 0.342 e. The summed E-state index contributed by atoms with van der Waals surface area (Å²) in [6.07, 6.45) is 6.03. The molecule has 0 atom stereocenters. The highest BCUT2D eigenvalue weighted by molar-refractivity contribution is 6.02. The lowest BCUT2D eigenvalue weighted by atomic mass is 10.0. The maximum absolute atomic E-state index is 12.7. The molecule has 2 aliphatic rings. The molecule has 0 N–H and O–H groups in total. The topological polar surface area (TPSA) is 72.6 Å². The Morgan fingerprint density at radius 1 is 1.30 bits per heavy atom. The predicted molar refractivity (Wildman–Crippen MR) is 97.3 cm³/mol. The van der Waals surface area contributed by atoms with Crippen molar-refractivity contribution in [2.45, 2.75) is 31.9 Å². The van der Waals surface area contributed by atoms with Crippen molar-refractivity contribution in [1.29, 1.82) is 0 Å². The number of carbonyl (C=O) groups excluding carboxylic acids is 2. The van der Waals surface area contributed by atoms with E-state index in [1.54, 1.807) is 23.4 Å². The molecule has 1 aromatic carbocycles. The van der Waals surface area contributed by atoms with Gasteiger partial charge in [0.15, 0.2) is 0 Å². The number of nitrogens with zero attached hydrogens (tertiary/aromatic N) is 2. The highest BCUT2D eigenvalue weighted by Crippen LogP contribution is 2.29. The van der Waals surface area contributed by atoms with Crippen LogP contribution < -0.4 is 0 Å². The maximum atomic E-state index is 12.7. The fourth-order valence-electron chi connectivity index (χ4n) is 3.46. The molecular weight excluding hydrogens is 344 g/mol. The first-order valence-electron chi connectivity index (χ1n) is 9.13. The van der Waals surface area contributed by atoms with Crippen LogP contribution in [0.25, 0.3) is 11.0 Å². The van der Waals surface area contributed by atoms with Crippen LogP contribution in [0.3, 0.4) is 0 Å². The van der Waals surface area contributed by atoms with Crippen molar-refractivity contribution in [2.75, 3.05) is 6.54 Å². The zero-order valence-corrected chi connectivity index (χ0v) is 14.7. The summed E-state index contributed by atoms with van der Waals surface area (Å²) in [5, 5.41) is 0.835. The molecule has 3 heterocycles. The van der Waals surface area contributed by atoms with Gasteiger partial charge in [-0.3, -0.25) is 9.78 Å². The van der Waals surface area contributed by atoms with E-state index >= 15 is 0 Å². The number of rotatable bonds is 4. The zero-order chi connectivity index (χ0) is 18.4. The number of para-hydroxylation sites is 1. The number of ether oxygens (including phenoxy) is 1. The van der Waals surface area contributed by atoms with Crippen molar-refractivity contribution in [1.82, 2.24) is 9.88 Å². The third kappa shape index (κ3) is 2.97. The van der Waals surface area contributed by atoms with Gasteiger partial charge in [-0.1, -0.05) is 12.1 Å². The zero-order valence-electron chi connectivity index (χ0n) is 14.7. The summed E-state index contributed by atoms with van der Waals surface area (Å²) in [7, 11) is 0. The first-order valence-corrected chi connectivity index (χ1v) is 9.13. The van der Waals surface area contributed by atoms with E-state index < -0.39 is 0 Å².